The largest absolute Gasteiger partial charge is 0.377 e. The van der Waals surface area contributed by atoms with Crippen molar-refractivity contribution in [1.82, 2.24) is 9.21 Å². The molecule has 2 heterocycles. The van der Waals surface area contributed by atoms with Crippen molar-refractivity contribution >= 4 is 10.0 Å². The summed E-state index contributed by atoms with van der Waals surface area (Å²) in [6.07, 6.45) is 2.75. The number of ether oxygens (including phenoxy) is 1. The van der Waals surface area contributed by atoms with E-state index < -0.39 is 10.0 Å². The molecule has 0 radical (unpaired) electrons. The van der Waals surface area contributed by atoms with E-state index in [4.69, 9.17) is 10.5 Å². The first-order valence-electron chi connectivity index (χ1n) is 7.60. The Morgan fingerprint density at radius 3 is 2.50 bits per heavy atom. The lowest BCUT2D eigenvalue weighted by atomic mass is 10.1. The Morgan fingerprint density at radius 1 is 1.30 bits per heavy atom. The lowest BCUT2D eigenvalue weighted by Gasteiger charge is -2.38. The van der Waals surface area contributed by atoms with Crippen molar-refractivity contribution in [3.63, 3.8) is 0 Å². The number of rotatable bonds is 6. The number of piperazine rings is 1. The van der Waals surface area contributed by atoms with Gasteiger partial charge in [-0.05, 0) is 19.3 Å². The van der Waals surface area contributed by atoms with Gasteiger partial charge < -0.3 is 10.5 Å². The van der Waals surface area contributed by atoms with Crippen molar-refractivity contribution in [2.75, 3.05) is 45.1 Å². The molecule has 2 aliphatic heterocycles. The molecule has 0 saturated carbocycles. The van der Waals surface area contributed by atoms with Crippen molar-refractivity contribution < 1.29 is 13.2 Å². The molecule has 0 aromatic heterocycles. The summed E-state index contributed by atoms with van der Waals surface area (Å²) >= 11 is 0. The van der Waals surface area contributed by atoms with Crippen LogP contribution < -0.4 is 5.73 Å². The minimum atomic E-state index is -3.18. The summed E-state index contributed by atoms with van der Waals surface area (Å²) < 4.78 is 31.8. The summed E-state index contributed by atoms with van der Waals surface area (Å²) in [5, 5.41) is 0. The van der Waals surface area contributed by atoms with Crippen LogP contribution in [0.25, 0.3) is 0 Å². The molecule has 7 heteroatoms. The second-order valence-corrected chi connectivity index (χ2v) is 7.66. The lowest BCUT2D eigenvalue weighted by Crippen LogP contribution is -2.54. The number of hydrogen-bond acceptors (Lipinski definition) is 5. The predicted molar refractivity (Wildman–Crippen MR) is 79.0 cm³/mol. The molecule has 6 nitrogen and oxygen atoms in total. The highest BCUT2D eigenvalue weighted by molar-refractivity contribution is 7.89. The Kier molecular flexibility index (Phi) is 5.80. The zero-order valence-electron chi connectivity index (χ0n) is 12.3. The van der Waals surface area contributed by atoms with Gasteiger partial charge in [0, 0.05) is 45.4 Å². The first-order chi connectivity index (χ1) is 9.56. The van der Waals surface area contributed by atoms with Gasteiger partial charge in [-0.3, -0.25) is 4.90 Å². The van der Waals surface area contributed by atoms with E-state index >= 15 is 0 Å². The van der Waals surface area contributed by atoms with Gasteiger partial charge in [0.15, 0.2) is 0 Å². The van der Waals surface area contributed by atoms with Crippen LogP contribution in [0.4, 0.5) is 0 Å². The van der Waals surface area contributed by atoms with E-state index in [0.717, 1.165) is 32.4 Å². The molecule has 2 N–H and O–H groups in total. The van der Waals surface area contributed by atoms with E-state index in [9.17, 15) is 8.42 Å². The van der Waals surface area contributed by atoms with Gasteiger partial charge >= 0.3 is 0 Å². The van der Waals surface area contributed by atoms with Crippen molar-refractivity contribution in [3.05, 3.63) is 0 Å². The van der Waals surface area contributed by atoms with Crippen molar-refractivity contribution in [2.24, 2.45) is 5.73 Å². The molecule has 118 valence electrons. The van der Waals surface area contributed by atoms with E-state index in [1.807, 2.05) is 0 Å². The molecule has 2 aliphatic rings. The van der Waals surface area contributed by atoms with E-state index in [2.05, 4.69) is 11.8 Å². The monoisotopic (exact) mass is 305 g/mol. The third-order valence-electron chi connectivity index (χ3n) is 4.35. The fourth-order valence-corrected chi connectivity index (χ4v) is 4.70. The fraction of sp³-hybridized carbons (Fsp3) is 1.00. The average Bonchev–Trinajstić information content (AvgIpc) is 2.93. The summed E-state index contributed by atoms with van der Waals surface area (Å²) in [7, 11) is -3.18. The predicted octanol–water partition coefficient (Wildman–Crippen LogP) is -0.150. The summed E-state index contributed by atoms with van der Waals surface area (Å²) in [5.41, 5.74) is 5.75. The Bertz CT molecular complexity index is 384. The van der Waals surface area contributed by atoms with Crippen LogP contribution in [0, 0.1) is 0 Å². The SMILES string of the molecule is CCC(CN)N1CCN(S(=O)(=O)CC2CCCO2)CC1. The van der Waals surface area contributed by atoms with Gasteiger partial charge in [-0.2, -0.15) is 4.31 Å². The molecule has 0 aromatic rings. The van der Waals surface area contributed by atoms with Crippen LogP contribution in [0.5, 0.6) is 0 Å². The Morgan fingerprint density at radius 2 is 2.00 bits per heavy atom. The third-order valence-corrected chi connectivity index (χ3v) is 6.29. The van der Waals surface area contributed by atoms with Crippen LogP contribution in [0.1, 0.15) is 26.2 Å². The average molecular weight is 305 g/mol. The number of nitrogens with zero attached hydrogens (tertiary/aromatic N) is 2. The summed E-state index contributed by atoms with van der Waals surface area (Å²) in [4.78, 5) is 2.30. The molecular formula is C13H27N3O3S. The second kappa shape index (κ2) is 7.17. The maximum absolute atomic E-state index is 12.4. The quantitative estimate of drug-likeness (QED) is 0.738. The maximum atomic E-state index is 12.4. The molecular weight excluding hydrogens is 278 g/mol. The van der Waals surface area contributed by atoms with Crippen molar-refractivity contribution in [2.45, 2.75) is 38.3 Å². The molecule has 2 fully saturated rings. The number of hydrogen-bond donors (Lipinski definition) is 1. The van der Waals surface area contributed by atoms with Gasteiger partial charge in [-0.25, -0.2) is 8.42 Å². The first kappa shape index (κ1) is 16.2. The maximum Gasteiger partial charge on any atom is 0.216 e. The van der Waals surface area contributed by atoms with Gasteiger partial charge in [0.25, 0.3) is 0 Å². The zero-order chi connectivity index (χ0) is 14.6. The van der Waals surface area contributed by atoms with Crippen LogP contribution in [0.3, 0.4) is 0 Å². The van der Waals surface area contributed by atoms with E-state index in [1.165, 1.54) is 0 Å². The minimum absolute atomic E-state index is 0.106. The number of sulfonamides is 1. The topological polar surface area (TPSA) is 75.9 Å². The van der Waals surface area contributed by atoms with Crippen LogP contribution in [-0.2, 0) is 14.8 Å². The lowest BCUT2D eigenvalue weighted by molar-refractivity contribution is 0.121. The van der Waals surface area contributed by atoms with Gasteiger partial charge in [-0.1, -0.05) is 6.92 Å². The fourth-order valence-electron chi connectivity index (χ4n) is 3.04. The summed E-state index contributed by atoms with van der Waals surface area (Å²) in [6, 6.07) is 0.373. The van der Waals surface area contributed by atoms with Crippen LogP contribution >= 0.6 is 0 Å². The Hall–Kier alpha value is -0.210. The van der Waals surface area contributed by atoms with Crippen molar-refractivity contribution in [3.8, 4) is 0 Å². The summed E-state index contributed by atoms with van der Waals surface area (Å²) in [5.74, 6) is 0.140. The van der Waals surface area contributed by atoms with Gasteiger partial charge in [0.2, 0.25) is 10.0 Å². The minimum Gasteiger partial charge on any atom is -0.377 e. The van der Waals surface area contributed by atoms with E-state index in [1.54, 1.807) is 4.31 Å². The molecule has 0 bridgehead atoms. The molecule has 2 rings (SSSR count). The molecule has 0 aliphatic carbocycles. The molecule has 2 unspecified atom stereocenters. The first-order valence-corrected chi connectivity index (χ1v) is 9.21. The highest BCUT2D eigenvalue weighted by Crippen LogP contribution is 2.18. The Labute approximate surface area is 122 Å². The van der Waals surface area contributed by atoms with Gasteiger partial charge in [0.1, 0.15) is 0 Å². The highest BCUT2D eigenvalue weighted by atomic mass is 32.2. The number of nitrogens with two attached hydrogens (primary N) is 1. The van der Waals surface area contributed by atoms with E-state index in [0.29, 0.717) is 32.3 Å². The van der Waals surface area contributed by atoms with Crippen LogP contribution in [-0.4, -0.2) is 74.9 Å². The van der Waals surface area contributed by atoms with E-state index in [-0.39, 0.29) is 11.9 Å². The van der Waals surface area contributed by atoms with Crippen LogP contribution in [0.15, 0.2) is 0 Å². The molecule has 0 amide bonds. The zero-order valence-corrected chi connectivity index (χ0v) is 13.1. The molecule has 20 heavy (non-hydrogen) atoms. The smallest absolute Gasteiger partial charge is 0.216 e. The van der Waals surface area contributed by atoms with Crippen LogP contribution in [0.2, 0.25) is 0 Å². The molecule has 0 aromatic carbocycles. The van der Waals surface area contributed by atoms with Crippen molar-refractivity contribution in [1.29, 1.82) is 0 Å². The highest BCUT2D eigenvalue weighted by Gasteiger charge is 2.32. The van der Waals surface area contributed by atoms with Gasteiger partial charge in [0.05, 0.1) is 11.9 Å². The normalized spacial score (nSPS) is 27.8. The Balaban J connectivity index is 1.85. The molecule has 0 spiro atoms. The standard InChI is InChI=1S/C13H27N3O3S/c1-2-12(10-14)15-5-7-16(8-6-15)20(17,18)11-13-4-3-9-19-13/h12-13H,2-11,14H2,1H3. The third kappa shape index (κ3) is 3.92. The second-order valence-electron chi connectivity index (χ2n) is 5.65. The van der Waals surface area contributed by atoms with Gasteiger partial charge in [-0.15, -0.1) is 0 Å². The molecule has 2 saturated heterocycles. The summed E-state index contributed by atoms with van der Waals surface area (Å²) in [6.45, 7) is 6.16. The molecule has 2 atom stereocenters.